The summed E-state index contributed by atoms with van der Waals surface area (Å²) in [6.07, 6.45) is 0.831. The summed E-state index contributed by atoms with van der Waals surface area (Å²) in [5.74, 6) is -0.0611. The van der Waals surface area contributed by atoms with Crippen molar-refractivity contribution in [2.75, 3.05) is 13.1 Å². The molecule has 2 atom stereocenters. The van der Waals surface area contributed by atoms with Gasteiger partial charge in [0.2, 0.25) is 5.91 Å². The maximum absolute atomic E-state index is 12.1. The van der Waals surface area contributed by atoms with Gasteiger partial charge >= 0.3 is 0 Å². The third-order valence-electron chi connectivity index (χ3n) is 3.17. The number of aliphatic hydroxyl groups is 1. The molecule has 0 aromatic carbocycles. The number of β-amino-alcohol motifs (C(OH)–C–C–N with tert-alkyl or cyclic N) is 1. The van der Waals surface area contributed by atoms with Crippen molar-refractivity contribution < 1.29 is 9.90 Å². The number of nitrogens with two attached hydrogens (primary N) is 1. The average Bonchev–Trinajstić information content (AvgIpc) is 2.62. The molecular formula is C10H18N2O2S. The number of thiocarbonyl (C=S) groups is 1. The van der Waals surface area contributed by atoms with Crippen molar-refractivity contribution in [3.8, 4) is 0 Å². The van der Waals surface area contributed by atoms with E-state index in [0.29, 0.717) is 25.9 Å². The first-order valence-electron chi connectivity index (χ1n) is 5.19. The van der Waals surface area contributed by atoms with Crippen molar-refractivity contribution in [1.82, 2.24) is 4.90 Å². The largest absolute Gasteiger partial charge is 0.392 e. The SMILES string of the molecule is CCC(C)(C(=O)N1CCC(O)C1)C(N)=S. The number of rotatable bonds is 3. The average molecular weight is 230 g/mol. The lowest BCUT2D eigenvalue weighted by atomic mass is 9.86. The Bertz CT molecular complexity index is 283. The van der Waals surface area contributed by atoms with E-state index in [1.54, 1.807) is 11.8 Å². The van der Waals surface area contributed by atoms with Crippen LogP contribution in [0.1, 0.15) is 26.7 Å². The number of hydrogen-bond acceptors (Lipinski definition) is 3. The normalized spacial score (nSPS) is 25.0. The minimum atomic E-state index is -0.764. The molecule has 0 aliphatic carbocycles. The van der Waals surface area contributed by atoms with Crippen molar-refractivity contribution in [3.05, 3.63) is 0 Å². The van der Waals surface area contributed by atoms with Gasteiger partial charge in [0, 0.05) is 13.1 Å². The van der Waals surface area contributed by atoms with Gasteiger partial charge in [0.1, 0.15) is 0 Å². The van der Waals surface area contributed by atoms with Crippen LogP contribution in [0.2, 0.25) is 0 Å². The van der Waals surface area contributed by atoms with Crippen molar-refractivity contribution in [2.24, 2.45) is 11.1 Å². The molecule has 1 fully saturated rings. The molecule has 0 aromatic heterocycles. The van der Waals surface area contributed by atoms with Gasteiger partial charge in [-0.1, -0.05) is 19.1 Å². The molecule has 0 spiro atoms. The highest BCUT2D eigenvalue weighted by atomic mass is 32.1. The summed E-state index contributed by atoms with van der Waals surface area (Å²) in [6, 6.07) is 0. The third kappa shape index (κ3) is 2.29. The van der Waals surface area contributed by atoms with E-state index in [0.717, 1.165) is 0 Å². The number of carbonyl (C=O) groups excluding carboxylic acids is 1. The first-order chi connectivity index (χ1) is 6.91. The second kappa shape index (κ2) is 4.45. The molecule has 1 amide bonds. The number of nitrogens with zero attached hydrogens (tertiary/aromatic N) is 1. The van der Waals surface area contributed by atoms with Crippen LogP contribution < -0.4 is 5.73 Å². The van der Waals surface area contributed by atoms with Gasteiger partial charge in [-0.15, -0.1) is 0 Å². The second-order valence-corrected chi connectivity index (χ2v) is 4.68. The Morgan fingerprint density at radius 1 is 1.73 bits per heavy atom. The maximum atomic E-state index is 12.1. The molecule has 0 aromatic rings. The van der Waals surface area contributed by atoms with Crippen LogP contribution in [0, 0.1) is 5.41 Å². The van der Waals surface area contributed by atoms with E-state index in [2.05, 4.69) is 0 Å². The fourth-order valence-electron chi connectivity index (χ4n) is 1.71. The van der Waals surface area contributed by atoms with E-state index in [1.165, 1.54) is 0 Å². The molecule has 0 radical (unpaired) electrons. The van der Waals surface area contributed by atoms with Gasteiger partial charge in [-0.05, 0) is 19.8 Å². The van der Waals surface area contributed by atoms with Crippen LogP contribution in [0.15, 0.2) is 0 Å². The Kier molecular flexibility index (Phi) is 3.67. The minimum Gasteiger partial charge on any atom is -0.392 e. The van der Waals surface area contributed by atoms with Gasteiger partial charge < -0.3 is 15.7 Å². The van der Waals surface area contributed by atoms with E-state index < -0.39 is 11.5 Å². The number of hydrogen-bond donors (Lipinski definition) is 2. The Morgan fingerprint density at radius 2 is 2.33 bits per heavy atom. The van der Waals surface area contributed by atoms with E-state index in [9.17, 15) is 9.90 Å². The molecule has 3 N–H and O–H groups in total. The maximum Gasteiger partial charge on any atom is 0.235 e. The van der Waals surface area contributed by atoms with Crippen LogP contribution in [-0.2, 0) is 4.79 Å². The Hall–Kier alpha value is -0.680. The predicted octanol–water partition coefficient (Wildman–Crippen LogP) is 0.282. The summed E-state index contributed by atoms with van der Waals surface area (Å²) in [4.78, 5) is 14.0. The fourth-order valence-corrected chi connectivity index (χ4v) is 1.94. The highest BCUT2D eigenvalue weighted by Crippen LogP contribution is 2.26. The van der Waals surface area contributed by atoms with Crippen molar-refractivity contribution >= 4 is 23.1 Å². The fraction of sp³-hybridized carbons (Fsp3) is 0.800. The van der Waals surface area contributed by atoms with Gasteiger partial charge in [-0.25, -0.2) is 0 Å². The highest BCUT2D eigenvalue weighted by molar-refractivity contribution is 7.80. The van der Waals surface area contributed by atoms with Crippen molar-refractivity contribution in [1.29, 1.82) is 0 Å². The number of amides is 1. The molecule has 0 saturated carbocycles. The summed E-state index contributed by atoms with van der Waals surface area (Å²) in [5, 5.41) is 9.37. The van der Waals surface area contributed by atoms with Crippen LogP contribution in [0.25, 0.3) is 0 Å². The number of aliphatic hydroxyl groups excluding tert-OH is 1. The van der Waals surface area contributed by atoms with Gasteiger partial charge in [-0.3, -0.25) is 4.79 Å². The summed E-state index contributed by atoms with van der Waals surface area (Å²) in [5.41, 5.74) is 4.84. The molecule has 4 nitrogen and oxygen atoms in total. The van der Waals surface area contributed by atoms with E-state index in [-0.39, 0.29) is 10.9 Å². The topological polar surface area (TPSA) is 66.6 Å². The quantitative estimate of drug-likeness (QED) is 0.684. The zero-order valence-corrected chi connectivity index (χ0v) is 10.0. The van der Waals surface area contributed by atoms with Crippen molar-refractivity contribution in [3.63, 3.8) is 0 Å². The first-order valence-corrected chi connectivity index (χ1v) is 5.60. The summed E-state index contributed by atoms with van der Waals surface area (Å²) >= 11 is 4.94. The van der Waals surface area contributed by atoms with E-state index in [4.69, 9.17) is 18.0 Å². The predicted molar refractivity (Wildman–Crippen MR) is 62.4 cm³/mol. The molecule has 1 aliphatic rings. The van der Waals surface area contributed by atoms with E-state index in [1.807, 2.05) is 6.92 Å². The molecule has 1 heterocycles. The third-order valence-corrected chi connectivity index (χ3v) is 3.62. The molecule has 1 aliphatic heterocycles. The smallest absolute Gasteiger partial charge is 0.235 e. The first kappa shape index (κ1) is 12.4. The van der Waals surface area contributed by atoms with Crippen LogP contribution in [0.4, 0.5) is 0 Å². The lowest BCUT2D eigenvalue weighted by Gasteiger charge is -2.30. The Balaban J connectivity index is 2.78. The van der Waals surface area contributed by atoms with Gasteiger partial charge in [-0.2, -0.15) is 0 Å². The van der Waals surface area contributed by atoms with Crippen LogP contribution in [0.5, 0.6) is 0 Å². The van der Waals surface area contributed by atoms with Crippen LogP contribution in [-0.4, -0.2) is 40.1 Å². The monoisotopic (exact) mass is 230 g/mol. The zero-order valence-electron chi connectivity index (χ0n) is 9.19. The zero-order chi connectivity index (χ0) is 11.6. The Morgan fingerprint density at radius 3 is 2.67 bits per heavy atom. The Labute approximate surface area is 95.4 Å². The lowest BCUT2D eigenvalue weighted by Crippen LogP contribution is -2.48. The molecule has 1 rings (SSSR count). The molecular weight excluding hydrogens is 212 g/mol. The molecule has 1 saturated heterocycles. The number of carbonyl (C=O) groups is 1. The van der Waals surface area contributed by atoms with Gasteiger partial charge in [0.15, 0.2) is 0 Å². The molecule has 0 bridgehead atoms. The van der Waals surface area contributed by atoms with Gasteiger partial charge in [0.25, 0.3) is 0 Å². The van der Waals surface area contributed by atoms with E-state index >= 15 is 0 Å². The highest BCUT2D eigenvalue weighted by Gasteiger charge is 2.39. The summed E-state index contributed by atoms with van der Waals surface area (Å²) in [7, 11) is 0. The molecule has 5 heteroatoms. The van der Waals surface area contributed by atoms with Crippen LogP contribution >= 0.6 is 12.2 Å². The standard InChI is InChI=1S/C10H18N2O2S/c1-3-10(2,8(11)15)9(14)12-5-4-7(13)6-12/h7,13H,3-6H2,1-2H3,(H2,11,15). The molecule has 2 unspecified atom stereocenters. The summed E-state index contributed by atoms with van der Waals surface area (Å²) in [6.45, 7) is 4.65. The molecule has 15 heavy (non-hydrogen) atoms. The second-order valence-electron chi connectivity index (χ2n) is 4.24. The van der Waals surface area contributed by atoms with Crippen LogP contribution in [0.3, 0.4) is 0 Å². The lowest BCUT2D eigenvalue weighted by molar-refractivity contribution is -0.137. The number of likely N-dealkylation sites (tertiary alicyclic amines) is 1. The van der Waals surface area contributed by atoms with Gasteiger partial charge in [0.05, 0.1) is 16.5 Å². The minimum absolute atomic E-state index is 0.0611. The summed E-state index contributed by atoms with van der Waals surface area (Å²) < 4.78 is 0. The molecule has 86 valence electrons. The van der Waals surface area contributed by atoms with Crippen molar-refractivity contribution in [2.45, 2.75) is 32.8 Å².